The minimum absolute atomic E-state index is 0.0621. The summed E-state index contributed by atoms with van der Waals surface area (Å²) >= 11 is 0. The van der Waals surface area contributed by atoms with Crippen molar-refractivity contribution >= 4 is 5.91 Å². The molecule has 296 valence electrons. The van der Waals surface area contributed by atoms with Crippen molar-refractivity contribution < 1.29 is 15.0 Å². The molecular formula is C46H89NO3. The van der Waals surface area contributed by atoms with Gasteiger partial charge in [0.2, 0.25) is 5.91 Å². The van der Waals surface area contributed by atoms with E-state index in [0.29, 0.717) is 6.42 Å². The van der Waals surface area contributed by atoms with Crippen molar-refractivity contribution in [3.05, 3.63) is 24.3 Å². The molecule has 0 unspecified atom stereocenters. The van der Waals surface area contributed by atoms with Gasteiger partial charge >= 0.3 is 0 Å². The summed E-state index contributed by atoms with van der Waals surface area (Å²) in [5, 5.41) is 23.0. The Labute approximate surface area is 313 Å². The molecule has 50 heavy (non-hydrogen) atoms. The Hall–Kier alpha value is -1.13. The van der Waals surface area contributed by atoms with E-state index in [1.54, 1.807) is 6.08 Å². The zero-order chi connectivity index (χ0) is 36.4. The summed E-state index contributed by atoms with van der Waals surface area (Å²) in [5.41, 5.74) is 0. The van der Waals surface area contributed by atoms with Crippen LogP contribution >= 0.6 is 0 Å². The minimum atomic E-state index is -0.835. The molecule has 0 bridgehead atoms. The third kappa shape index (κ3) is 38.1. The van der Waals surface area contributed by atoms with Gasteiger partial charge < -0.3 is 15.5 Å². The Balaban J connectivity index is 3.52. The van der Waals surface area contributed by atoms with Crippen molar-refractivity contribution in [1.82, 2.24) is 5.32 Å². The first-order valence-corrected chi connectivity index (χ1v) is 22.6. The maximum Gasteiger partial charge on any atom is 0.220 e. The van der Waals surface area contributed by atoms with Crippen LogP contribution in [0.5, 0.6) is 0 Å². The second kappa shape index (κ2) is 42.3. The van der Waals surface area contributed by atoms with Crippen LogP contribution < -0.4 is 5.32 Å². The highest BCUT2D eigenvalue weighted by molar-refractivity contribution is 5.76. The average Bonchev–Trinajstić information content (AvgIpc) is 3.12. The predicted octanol–water partition coefficient (Wildman–Crippen LogP) is 14.0. The zero-order valence-corrected chi connectivity index (χ0v) is 33.9. The first-order chi connectivity index (χ1) is 24.7. The van der Waals surface area contributed by atoms with E-state index in [1.165, 1.54) is 199 Å². The van der Waals surface area contributed by atoms with E-state index >= 15 is 0 Å². The smallest absolute Gasteiger partial charge is 0.220 e. The van der Waals surface area contributed by atoms with Gasteiger partial charge in [0.25, 0.3) is 0 Å². The Kier molecular flexibility index (Phi) is 41.3. The highest BCUT2D eigenvalue weighted by atomic mass is 16.3. The van der Waals surface area contributed by atoms with Gasteiger partial charge in [0.1, 0.15) is 0 Å². The molecule has 0 radical (unpaired) electrons. The quantitative estimate of drug-likeness (QED) is 0.0438. The molecular weight excluding hydrogens is 615 g/mol. The van der Waals surface area contributed by atoms with Crippen LogP contribution in [0.1, 0.15) is 245 Å². The molecule has 0 rings (SSSR count). The molecule has 0 fully saturated rings. The number of carbonyl (C=O) groups is 1. The van der Waals surface area contributed by atoms with E-state index in [-0.39, 0.29) is 12.5 Å². The SMILES string of the molecule is CCCCCCCC/C=C/CCCCCCCCCCCCCCCC(=O)N[C@@H](CO)[C@H](O)/C=C/CCCCCCCCCCCCCCC. The van der Waals surface area contributed by atoms with Crippen molar-refractivity contribution in [1.29, 1.82) is 0 Å². The van der Waals surface area contributed by atoms with Crippen LogP contribution in [0.2, 0.25) is 0 Å². The molecule has 3 N–H and O–H groups in total. The molecule has 0 aromatic heterocycles. The largest absolute Gasteiger partial charge is 0.394 e. The van der Waals surface area contributed by atoms with E-state index in [1.807, 2.05) is 6.08 Å². The van der Waals surface area contributed by atoms with Crippen molar-refractivity contribution in [2.45, 2.75) is 257 Å². The molecule has 0 saturated carbocycles. The fourth-order valence-electron chi connectivity index (χ4n) is 6.94. The second-order valence-electron chi connectivity index (χ2n) is 15.5. The summed E-state index contributed by atoms with van der Waals surface area (Å²) in [6.45, 7) is 4.32. The van der Waals surface area contributed by atoms with Crippen LogP contribution in [0.3, 0.4) is 0 Å². The predicted molar refractivity (Wildman–Crippen MR) is 221 cm³/mol. The van der Waals surface area contributed by atoms with Crippen LogP contribution in [-0.2, 0) is 4.79 Å². The number of unbranched alkanes of at least 4 members (excludes halogenated alkanes) is 32. The number of amides is 1. The molecule has 0 spiro atoms. The number of hydrogen-bond acceptors (Lipinski definition) is 3. The van der Waals surface area contributed by atoms with Gasteiger partial charge in [0, 0.05) is 6.42 Å². The summed E-state index contributed by atoms with van der Waals surface area (Å²) < 4.78 is 0. The van der Waals surface area contributed by atoms with Gasteiger partial charge in [-0.3, -0.25) is 4.79 Å². The lowest BCUT2D eigenvalue weighted by Gasteiger charge is -2.20. The highest BCUT2D eigenvalue weighted by Gasteiger charge is 2.17. The molecule has 4 nitrogen and oxygen atoms in total. The van der Waals surface area contributed by atoms with Crippen molar-refractivity contribution in [2.24, 2.45) is 0 Å². The maximum absolute atomic E-state index is 12.4. The summed E-state index contributed by atoms with van der Waals surface area (Å²) in [7, 11) is 0. The number of nitrogens with one attached hydrogen (secondary N) is 1. The molecule has 0 saturated heterocycles. The Morgan fingerprint density at radius 1 is 0.460 bits per heavy atom. The number of carbonyl (C=O) groups excluding carboxylic acids is 1. The van der Waals surface area contributed by atoms with Crippen molar-refractivity contribution in [2.75, 3.05) is 6.61 Å². The fraction of sp³-hybridized carbons (Fsp3) is 0.891. The number of hydrogen-bond donors (Lipinski definition) is 3. The Bertz CT molecular complexity index is 720. The van der Waals surface area contributed by atoms with E-state index < -0.39 is 12.1 Å². The molecule has 4 heteroatoms. The van der Waals surface area contributed by atoms with E-state index in [4.69, 9.17) is 0 Å². The standard InChI is InChI=1S/C46H89NO3/c1-3-5-7-9-11-13-15-17-19-20-21-22-23-24-25-26-28-30-32-34-36-38-40-42-46(50)47-44(43-48)45(49)41-39-37-35-33-31-29-27-18-16-14-12-10-8-6-4-2/h17,19,39,41,44-45,48-49H,3-16,18,20-38,40,42-43H2,1-2H3,(H,47,50)/b19-17+,41-39+/t44-,45+/m0/s1. The third-order valence-corrected chi connectivity index (χ3v) is 10.4. The molecule has 0 aliphatic carbocycles. The van der Waals surface area contributed by atoms with Crippen LogP contribution in [0.25, 0.3) is 0 Å². The van der Waals surface area contributed by atoms with E-state index in [2.05, 4.69) is 31.3 Å². The lowest BCUT2D eigenvalue weighted by molar-refractivity contribution is -0.123. The fourth-order valence-corrected chi connectivity index (χ4v) is 6.94. The second-order valence-corrected chi connectivity index (χ2v) is 15.5. The van der Waals surface area contributed by atoms with E-state index in [0.717, 1.165) is 25.7 Å². The summed E-state index contributed by atoms with van der Waals surface area (Å²) in [5.74, 6) is -0.0621. The lowest BCUT2D eigenvalue weighted by Crippen LogP contribution is -2.45. The minimum Gasteiger partial charge on any atom is -0.394 e. The molecule has 0 heterocycles. The topological polar surface area (TPSA) is 69.6 Å². The van der Waals surface area contributed by atoms with Gasteiger partial charge in [-0.15, -0.1) is 0 Å². The number of aliphatic hydroxyl groups excluding tert-OH is 2. The van der Waals surface area contributed by atoms with Gasteiger partial charge in [0.15, 0.2) is 0 Å². The van der Waals surface area contributed by atoms with Crippen LogP contribution in [0.15, 0.2) is 24.3 Å². The number of rotatable bonds is 41. The molecule has 0 aromatic rings. The van der Waals surface area contributed by atoms with Crippen LogP contribution in [0, 0.1) is 0 Å². The van der Waals surface area contributed by atoms with Gasteiger partial charge in [-0.1, -0.05) is 218 Å². The molecule has 0 aliphatic rings. The lowest BCUT2D eigenvalue weighted by atomic mass is 10.0. The highest BCUT2D eigenvalue weighted by Crippen LogP contribution is 2.15. The molecule has 1 amide bonds. The van der Waals surface area contributed by atoms with Crippen molar-refractivity contribution in [3.63, 3.8) is 0 Å². The van der Waals surface area contributed by atoms with E-state index in [9.17, 15) is 15.0 Å². The van der Waals surface area contributed by atoms with Crippen LogP contribution in [0.4, 0.5) is 0 Å². The maximum atomic E-state index is 12.4. The normalized spacial score (nSPS) is 13.1. The number of aliphatic hydroxyl groups is 2. The molecule has 2 atom stereocenters. The Morgan fingerprint density at radius 3 is 1.10 bits per heavy atom. The summed E-state index contributed by atoms with van der Waals surface area (Å²) in [6, 6.07) is -0.618. The zero-order valence-electron chi connectivity index (χ0n) is 33.9. The van der Waals surface area contributed by atoms with Gasteiger partial charge in [-0.25, -0.2) is 0 Å². The Morgan fingerprint density at radius 2 is 0.760 bits per heavy atom. The van der Waals surface area contributed by atoms with Crippen LogP contribution in [-0.4, -0.2) is 34.9 Å². The third-order valence-electron chi connectivity index (χ3n) is 10.4. The summed E-state index contributed by atoms with van der Waals surface area (Å²) in [6.07, 6.45) is 54.3. The monoisotopic (exact) mass is 704 g/mol. The summed E-state index contributed by atoms with van der Waals surface area (Å²) in [4.78, 5) is 12.4. The molecule has 0 aromatic carbocycles. The average molecular weight is 704 g/mol. The first kappa shape index (κ1) is 48.9. The first-order valence-electron chi connectivity index (χ1n) is 22.6. The number of allylic oxidation sites excluding steroid dienone is 3. The molecule has 0 aliphatic heterocycles. The van der Waals surface area contributed by atoms with Gasteiger partial charge in [-0.05, 0) is 44.9 Å². The van der Waals surface area contributed by atoms with Crippen molar-refractivity contribution in [3.8, 4) is 0 Å². The van der Waals surface area contributed by atoms with Gasteiger partial charge in [-0.2, -0.15) is 0 Å². The van der Waals surface area contributed by atoms with Gasteiger partial charge in [0.05, 0.1) is 18.8 Å².